The highest BCUT2D eigenvalue weighted by Crippen LogP contribution is 2.16. The highest BCUT2D eigenvalue weighted by molar-refractivity contribution is 5.82. The molecule has 18 heavy (non-hydrogen) atoms. The lowest BCUT2D eigenvalue weighted by Crippen LogP contribution is -2.36. The SMILES string of the molecule is Cn1ncc2cnc(N3CCOCC3)cc2c1=O. The quantitative estimate of drug-likeness (QED) is 0.717. The van der Waals surface area contributed by atoms with Crippen LogP contribution in [0.25, 0.3) is 10.8 Å². The fraction of sp³-hybridized carbons (Fsp3) is 0.417. The third-order valence-electron chi connectivity index (χ3n) is 3.15. The van der Waals surface area contributed by atoms with E-state index in [4.69, 9.17) is 4.74 Å². The van der Waals surface area contributed by atoms with Gasteiger partial charge in [-0.2, -0.15) is 5.10 Å². The third kappa shape index (κ3) is 1.84. The van der Waals surface area contributed by atoms with Crippen LogP contribution in [0.5, 0.6) is 0 Å². The van der Waals surface area contributed by atoms with Gasteiger partial charge in [0.1, 0.15) is 5.82 Å². The molecule has 6 nitrogen and oxygen atoms in total. The number of rotatable bonds is 1. The van der Waals surface area contributed by atoms with E-state index in [1.54, 1.807) is 19.4 Å². The average molecular weight is 246 g/mol. The molecule has 1 saturated heterocycles. The first kappa shape index (κ1) is 11.2. The number of hydrogen-bond donors (Lipinski definition) is 0. The minimum absolute atomic E-state index is 0.0931. The Hall–Kier alpha value is -1.95. The van der Waals surface area contributed by atoms with E-state index in [1.807, 2.05) is 6.07 Å². The van der Waals surface area contributed by atoms with E-state index in [2.05, 4.69) is 15.0 Å². The van der Waals surface area contributed by atoms with Crippen LogP contribution in [0.4, 0.5) is 5.82 Å². The molecule has 0 aliphatic carbocycles. The van der Waals surface area contributed by atoms with Crippen LogP contribution >= 0.6 is 0 Å². The van der Waals surface area contributed by atoms with Gasteiger partial charge in [0.25, 0.3) is 5.56 Å². The van der Waals surface area contributed by atoms with Crippen LogP contribution in [-0.4, -0.2) is 41.1 Å². The molecule has 1 aliphatic heterocycles. The molecule has 0 unspecified atom stereocenters. The number of aromatic nitrogens is 3. The first-order valence-corrected chi connectivity index (χ1v) is 5.90. The van der Waals surface area contributed by atoms with E-state index >= 15 is 0 Å². The second kappa shape index (κ2) is 4.38. The first-order chi connectivity index (χ1) is 8.75. The third-order valence-corrected chi connectivity index (χ3v) is 3.15. The zero-order chi connectivity index (χ0) is 12.5. The van der Waals surface area contributed by atoms with Crippen LogP contribution in [0.15, 0.2) is 23.3 Å². The molecule has 0 amide bonds. The van der Waals surface area contributed by atoms with Crippen LogP contribution in [-0.2, 0) is 11.8 Å². The number of anilines is 1. The van der Waals surface area contributed by atoms with Crippen LogP contribution < -0.4 is 10.5 Å². The van der Waals surface area contributed by atoms with Crippen molar-refractivity contribution < 1.29 is 4.74 Å². The molecule has 0 aromatic carbocycles. The summed E-state index contributed by atoms with van der Waals surface area (Å²) in [5.41, 5.74) is -0.0931. The van der Waals surface area contributed by atoms with Gasteiger partial charge in [-0.1, -0.05) is 0 Å². The van der Waals surface area contributed by atoms with Crippen LogP contribution in [0.1, 0.15) is 0 Å². The molecule has 0 spiro atoms. The lowest BCUT2D eigenvalue weighted by Gasteiger charge is -2.27. The monoisotopic (exact) mass is 246 g/mol. The Morgan fingerprint density at radius 3 is 2.83 bits per heavy atom. The number of hydrogen-bond acceptors (Lipinski definition) is 5. The predicted molar refractivity (Wildman–Crippen MR) is 67.8 cm³/mol. The summed E-state index contributed by atoms with van der Waals surface area (Å²) < 4.78 is 6.64. The smallest absolute Gasteiger partial charge is 0.274 e. The lowest BCUT2D eigenvalue weighted by molar-refractivity contribution is 0.122. The van der Waals surface area contributed by atoms with Gasteiger partial charge in [0, 0.05) is 31.7 Å². The topological polar surface area (TPSA) is 60.3 Å². The largest absolute Gasteiger partial charge is 0.378 e. The number of pyridine rings is 1. The Bertz CT molecular complexity index is 632. The molecule has 0 N–H and O–H groups in total. The summed E-state index contributed by atoms with van der Waals surface area (Å²) in [5, 5.41) is 5.41. The zero-order valence-corrected chi connectivity index (χ0v) is 10.2. The molecule has 0 atom stereocenters. The Kier molecular flexibility index (Phi) is 2.71. The van der Waals surface area contributed by atoms with Crippen LogP contribution in [0.3, 0.4) is 0 Å². The van der Waals surface area contributed by atoms with Crippen molar-refractivity contribution in [3.05, 3.63) is 28.8 Å². The molecule has 1 fully saturated rings. The number of fused-ring (bicyclic) bond motifs is 1. The van der Waals surface area contributed by atoms with Crippen molar-refractivity contribution in [2.24, 2.45) is 7.05 Å². The standard InChI is InChI=1S/C12H14N4O2/c1-15-12(17)10-6-11(13-7-9(10)8-14-15)16-2-4-18-5-3-16/h6-8H,2-5H2,1H3. The Labute approximate surface area is 104 Å². The molecule has 1 aliphatic rings. The van der Waals surface area contributed by atoms with E-state index < -0.39 is 0 Å². The van der Waals surface area contributed by atoms with Crippen LogP contribution in [0, 0.1) is 0 Å². The number of nitrogens with zero attached hydrogens (tertiary/aromatic N) is 4. The number of aryl methyl sites for hydroxylation is 1. The van der Waals surface area contributed by atoms with Crippen molar-refractivity contribution in [2.45, 2.75) is 0 Å². The van der Waals surface area contributed by atoms with Crippen molar-refractivity contribution in [1.82, 2.24) is 14.8 Å². The predicted octanol–water partition coefficient (Wildman–Crippen LogP) is 0.165. The maximum Gasteiger partial charge on any atom is 0.274 e. The van der Waals surface area contributed by atoms with Gasteiger partial charge < -0.3 is 9.64 Å². The Morgan fingerprint density at radius 2 is 2.06 bits per heavy atom. The summed E-state index contributed by atoms with van der Waals surface area (Å²) >= 11 is 0. The summed E-state index contributed by atoms with van der Waals surface area (Å²) in [5.74, 6) is 0.828. The first-order valence-electron chi connectivity index (χ1n) is 5.90. The van der Waals surface area contributed by atoms with Gasteiger partial charge >= 0.3 is 0 Å². The van der Waals surface area contributed by atoms with Gasteiger partial charge in [-0.05, 0) is 6.07 Å². The van der Waals surface area contributed by atoms with Gasteiger partial charge in [0.2, 0.25) is 0 Å². The molecule has 2 aromatic heterocycles. The Morgan fingerprint density at radius 1 is 1.28 bits per heavy atom. The summed E-state index contributed by atoms with van der Waals surface area (Å²) in [4.78, 5) is 18.5. The second-order valence-corrected chi connectivity index (χ2v) is 4.30. The number of morpholine rings is 1. The average Bonchev–Trinajstić information content (AvgIpc) is 2.44. The van der Waals surface area contributed by atoms with Crippen LogP contribution in [0.2, 0.25) is 0 Å². The van der Waals surface area contributed by atoms with E-state index in [9.17, 15) is 4.79 Å². The molecule has 3 rings (SSSR count). The van der Waals surface area contributed by atoms with Gasteiger partial charge in [0.05, 0.1) is 24.8 Å². The minimum atomic E-state index is -0.0931. The van der Waals surface area contributed by atoms with Gasteiger partial charge in [-0.3, -0.25) is 4.79 Å². The fourth-order valence-corrected chi connectivity index (χ4v) is 2.08. The molecule has 0 bridgehead atoms. The molecule has 0 radical (unpaired) electrons. The number of ether oxygens (including phenoxy) is 1. The van der Waals surface area contributed by atoms with E-state index in [1.165, 1.54) is 4.68 Å². The van der Waals surface area contributed by atoms with Gasteiger partial charge in [-0.15, -0.1) is 0 Å². The molecule has 2 aromatic rings. The minimum Gasteiger partial charge on any atom is -0.378 e. The van der Waals surface area contributed by atoms with Crippen molar-refractivity contribution in [2.75, 3.05) is 31.2 Å². The highest BCUT2D eigenvalue weighted by atomic mass is 16.5. The fourth-order valence-electron chi connectivity index (χ4n) is 2.08. The highest BCUT2D eigenvalue weighted by Gasteiger charge is 2.13. The summed E-state index contributed by atoms with van der Waals surface area (Å²) in [6.45, 7) is 3.02. The molecular formula is C12H14N4O2. The van der Waals surface area contributed by atoms with Crippen molar-refractivity contribution >= 4 is 16.6 Å². The molecular weight excluding hydrogens is 232 g/mol. The molecule has 94 valence electrons. The van der Waals surface area contributed by atoms with Crippen molar-refractivity contribution in [3.63, 3.8) is 0 Å². The maximum absolute atomic E-state index is 12.0. The Balaban J connectivity index is 2.09. The van der Waals surface area contributed by atoms with Crippen molar-refractivity contribution in [1.29, 1.82) is 0 Å². The van der Waals surface area contributed by atoms with Crippen molar-refractivity contribution in [3.8, 4) is 0 Å². The molecule has 6 heteroatoms. The summed E-state index contributed by atoms with van der Waals surface area (Å²) in [7, 11) is 1.65. The van der Waals surface area contributed by atoms with Gasteiger partial charge in [0.15, 0.2) is 0 Å². The second-order valence-electron chi connectivity index (χ2n) is 4.30. The van der Waals surface area contributed by atoms with E-state index in [-0.39, 0.29) is 5.56 Å². The maximum atomic E-state index is 12.0. The summed E-state index contributed by atoms with van der Waals surface area (Å²) in [6.07, 6.45) is 3.36. The van der Waals surface area contributed by atoms with Gasteiger partial charge in [-0.25, -0.2) is 9.67 Å². The van der Waals surface area contributed by atoms with E-state index in [0.717, 1.165) is 24.3 Å². The van der Waals surface area contributed by atoms with E-state index in [0.29, 0.717) is 18.6 Å². The normalized spacial score (nSPS) is 16.2. The zero-order valence-electron chi connectivity index (χ0n) is 10.2. The summed E-state index contributed by atoms with van der Waals surface area (Å²) in [6, 6.07) is 1.84. The molecule has 3 heterocycles. The lowest BCUT2D eigenvalue weighted by atomic mass is 10.2. The molecule has 0 saturated carbocycles.